The summed E-state index contributed by atoms with van der Waals surface area (Å²) in [5, 5.41) is 0. The molecule has 0 aliphatic heterocycles. The van der Waals surface area contributed by atoms with Gasteiger partial charge in [0.05, 0.1) is 6.61 Å². The highest BCUT2D eigenvalue weighted by Gasteiger charge is 2.01. The molecule has 106 valence electrons. The Hall–Kier alpha value is -1.61. The van der Waals surface area contributed by atoms with Crippen LogP contribution in [0, 0.1) is 20.8 Å². The second-order valence-electron chi connectivity index (χ2n) is 5.06. The number of nitrogen functional groups attached to an aromatic ring is 1. The minimum Gasteiger partial charge on any atom is -0.493 e. The van der Waals surface area contributed by atoms with E-state index in [-0.39, 0.29) is 0 Å². The summed E-state index contributed by atoms with van der Waals surface area (Å²) in [5.41, 5.74) is 10.5. The standard InChI is InChI=1S/C17H21NOS/c1-12-4-5-17(16(18)11-12)20-7-6-19-15-9-13(2)8-14(3)10-15/h4-5,8-11H,6-7,18H2,1-3H3. The van der Waals surface area contributed by atoms with Crippen molar-refractivity contribution in [2.24, 2.45) is 0 Å². The molecule has 0 aliphatic rings. The highest BCUT2D eigenvalue weighted by molar-refractivity contribution is 7.99. The fourth-order valence-electron chi connectivity index (χ4n) is 2.13. The van der Waals surface area contributed by atoms with Gasteiger partial charge < -0.3 is 10.5 Å². The van der Waals surface area contributed by atoms with Crippen molar-refractivity contribution in [3.63, 3.8) is 0 Å². The maximum Gasteiger partial charge on any atom is 0.119 e. The molecule has 2 aromatic carbocycles. The number of thioether (sulfide) groups is 1. The Morgan fingerprint density at radius 2 is 1.65 bits per heavy atom. The predicted octanol–water partition coefficient (Wildman–Crippen LogP) is 4.37. The van der Waals surface area contributed by atoms with Gasteiger partial charge in [-0.05, 0) is 61.7 Å². The summed E-state index contributed by atoms with van der Waals surface area (Å²) >= 11 is 1.73. The van der Waals surface area contributed by atoms with Crippen LogP contribution < -0.4 is 10.5 Å². The van der Waals surface area contributed by atoms with Crippen molar-refractivity contribution >= 4 is 17.4 Å². The first-order chi connectivity index (χ1) is 9.54. The van der Waals surface area contributed by atoms with Gasteiger partial charge in [-0.2, -0.15) is 0 Å². The molecular formula is C17H21NOS. The van der Waals surface area contributed by atoms with Gasteiger partial charge in [0.15, 0.2) is 0 Å². The van der Waals surface area contributed by atoms with Crippen molar-refractivity contribution in [1.82, 2.24) is 0 Å². The van der Waals surface area contributed by atoms with Crippen molar-refractivity contribution < 1.29 is 4.74 Å². The molecule has 2 rings (SSSR count). The van der Waals surface area contributed by atoms with Crippen LogP contribution >= 0.6 is 11.8 Å². The Bertz CT molecular complexity index is 575. The Morgan fingerprint density at radius 1 is 0.950 bits per heavy atom. The first kappa shape index (κ1) is 14.8. The van der Waals surface area contributed by atoms with Crippen molar-refractivity contribution in [3.05, 3.63) is 53.1 Å². The van der Waals surface area contributed by atoms with Gasteiger partial charge in [0.2, 0.25) is 0 Å². The monoisotopic (exact) mass is 287 g/mol. The van der Waals surface area contributed by atoms with Crippen molar-refractivity contribution in [3.8, 4) is 5.75 Å². The number of benzene rings is 2. The largest absolute Gasteiger partial charge is 0.493 e. The van der Waals surface area contributed by atoms with Crippen LogP contribution in [0.3, 0.4) is 0 Å². The maximum atomic E-state index is 5.99. The van der Waals surface area contributed by atoms with Crippen LogP contribution in [-0.2, 0) is 0 Å². The average Bonchev–Trinajstić information content (AvgIpc) is 2.35. The molecule has 3 heteroatoms. The summed E-state index contributed by atoms with van der Waals surface area (Å²) in [7, 11) is 0. The van der Waals surface area contributed by atoms with Gasteiger partial charge in [0.1, 0.15) is 5.75 Å². The molecule has 0 saturated carbocycles. The highest BCUT2D eigenvalue weighted by Crippen LogP contribution is 2.26. The van der Waals surface area contributed by atoms with E-state index in [9.17, 15) is 0 Å². The SMILES string of the molecule is Cc1cc(C)cc(OCCSc2ccc(C)cc2N)c1. The molecule has 0 radical (unpaired) electrons. The highest BCUT2D eigenvalue weighted by atomic mass is 32.2. The molecule has 0 unspecified atom stereocenters. The summed E-state index contributed by atoms with van der Waals surface area (Å²) in [6, 6.07) is 12.5. The van der Waals surface area contributed by atoms with Gasteiger partial charge in [-0.25, -0.2) is 0 Å². The maximum absolute atomic E-state index is 5.99. The minimum atomic E-state index is 0.681. The van der Waals surface area contributed by atoms with Gasteiger partial charge in [-0.3, -0.25) is 0 Å². The van der Waals surface area contributed by atoms with Crippen LogP contribution in [0.4, 0.5) is 5.69 Å². The third-order valence-electron chi connectivity index (χ3n) is 2.97. The predicted molar refractivity (Wildman–Crippen MR) is 87.7 cm³/mol. The molecule has 0 saturated heterocycles. The zero-order valence-corrected chi connectivity index (χ0v) is 13.1. The van der Waals surface area contributed by atoms with E-state index in [1.165, 1.54) is 16.7 Å². The second kappa shape index (κ2) is 6.71. The number of nitrogens with two attached hydrogens (primary N) is 1. The van der Waals surface area contributed by atoms with Crippen molar-refractivity contribution in [2.45, 2.75) is 25.7 Å². The number of ether oxygens (including phenoxy) is 1. The molecule has 20 heavy (non-hydrogen) atoms. The van der Waals surface area contributed by atoms with Gasteiger partial charge in [0, 0.05) is 16.3 Å². The van der Waals surface area contributed by atoms with E-state index in [0.717, 1.165) is 22.1 Å². The summed E-state index contributed by atoms with van der Waals surface area (Å²) in [6.45, 7) is 6.90. The van der Waals surface area contributed by atoms with E-state index in [2.05, 4.69) is 44.2 Å². The lowest BCUT2D eigenvalue weighted by atomic mass is 10.1. The van der Waals surface area contributed by atoms with Crippen molar-refractivity contribution in [2.75, 3.05) is 18.1 Å². The zero-order valence-electron chi connectivity index (χ0n) is 12.3. The fourth-order valence-corrected chi connectivity index (χ4v) is 2.90. The molecule has 2 nitrogen and oxygen atoms in total. The zero-order chi connectivity index (χ0) is 14.5. The molecule has 0 heterocycles. The number of anilines is 1. The van der Waals surface area contributed by atoms with Crippen LogP contribution in [0.1, 0.15) is 16.7 Å². The van der Waals surface area contributed by atoms with E-state index < -0.39 is 0 Å². The van der Waals surface area contributed by atoms with Gasteiger partial charge in [0.25, 0.3) is 0 Å². The molecule has 0 atom stereocenters. The quantitative estimate of drug-likeness (QED) is 0.504. The second-order valence-corrected chi connectivity index (χ2v) is 6.20. The summed E-state index contributed by atoms with van der Waals surface area (Å²) < 4.78 is 5.79. The van der Waals surface area contributed by atoms with Crippen LogP contribution in [0.25, 0.3) is 0 Å². The van der Waals surface area contributed by atoms with E-state index >= 15 is 0 Å². The van der Waals surface area contributed by atoms with Gasteiger partial charge in [-0.15, -0.1) is 11.8 Å². The average molecular weight is 287 g/mol. The lowest BCUT2D eigenvalue weighted by Crippen LogP contribution is -2.01. The molecular weight excluding hydrogens is 266 g/mol. The molecule has 0 bridgehead atoms. The summed E-state index contributed by atoms with van der Waals surface area (Å²) in [5.74, 6) is 1.83. The summed E-state index contributed by atoms with van der Waals surface area (Å²) in [4.78, 5) is 1.12. The lowest BCUT2D eigenvalue weighted by molar-refractivity contribution is 0.343. The van der Waals surface area contributed by atoms with Crippen molar-refractivity contribution in [1.29, 1.82) is 0 Å². The molecule has 0 amide bonds. The van der Waals surface area contributed by atoms with Crippen LogP contribution in [-0.4, -0.2) is 12.4 Å². The lowest BCUT2D eigenvalue weighted by Gasteiger charge is -2.09. The van der Waals surface area contributed by atoms with E-state index in [1.807, 2.05) is 13.0 Å². The van der Waals surface area contributed by atoms with E-state index in [0.29, 0.717) is 6.61 Å². The Balaban J connectivity index is 1.84. The molecule has 0 fully saturated rings. The Labute approximate surface area is 125 Å². The topological polar surface area (TPSA) is 35.2 Å². The third-order valence-corrected chi connectivity index (χ3v) is 4.02. The Kier molecular flexibility index (Phi) is 4.96. The minimum absolute atomic E-state index is 0.681. The first-order valence-corrected chi connectivity index (χ1v) is 7.73. The molecule has 0 spiro atoms. The van der Waals surface area contributed by atoms with Gasteiger partial charge >= 0.3 is 0 Å². The summed E-state index contributed by atoms with van der Waals surface area (Å²) in [6.07, 6.45) is 0. The van der Waals surface area contributed by atoms with Gasteiger partial charge in [-0.1, -0.05) is 12.1 Å². The molecule has 0 aromatic heterocycles. The number of hydrogen-bond donors (Lipinski definition) is 1. The molecule has 2 aromatic rings. The van der Waals surface area contributed by atoms with Crippen LogP contribution in [0.15, 0.2) is 41.3 Å². The fraction of sp³-hybridized carbons (Fsp3) is 0.294. The smallest absolute Gasteiger partial charge is 0.119 e. The van der Waals surface area contributed by atoms with E-state index in [1.54, 1.807) is 11.8 Å². The van der Waals surface area contributed by atoms with Crippen LogP contribution in [0.2, 0.25) is 0 Å². The molecule has 2 N–H and O–H groups in total. The number of rotatable bonds is 5. The Morgan fingerprint density at radius 3 is 2.30 bits per heavy atom. The molecule has 0 aliphatic carbocycles. The normalized spacial score (nSPS) is 10.6. The van der Waals surface area contributed by atoms with E-state index in [4.69, 9.17) is 10.5 Å². The number of aryl methyl sites for hydroxylation is 3. The number of hydrogen-bond acceptors (Lipinski definition) is 3. The third kappa shape index (κ3) is 4.20. The first-order valence-electron chi connectivity index (χ1n) is 6.74. The van der Waals surface area contributed by atoms with Crippen LogP contribution in [0.5, 0.6) is 5.75 Å².